The fourth-order valence-electron chi connectivity index (χ4n) is 3.10. The lowest BCUT2D eigenvalue weighted by Crippen LogP contribution is -2.21. The van der Waals surface area contributed by atoms with Gasteiger partial charge in [-0.1, -0.05) is 30.3 Å². The molecular weight excluding hydrogens is 362 g/mol. The van der Waals surface area contributed by atoms with Gasteiger partial charge in [-0.25, -0.2) is 4.98 Å². The summed E-state index contributed by atoms with van der Waals surface area (Å²) in [5.74, 6) is 1.32. The van der Waals surface area contributed by atoms with Gasteiger partial charge in [-0.2, -0.15) is 4.98 Å². The molecule has 0 saturated heterocycles. The average Bonchev–Trinajstić information content (AvgIpc) is 2.76. The maximum absolute atomic E-state index is 5.12. The molecule has 1 aromatic heterocycles. The molecule has 6 nitrogen and oxygen atoms in total. The van der Waals surface area contributed by atoms with Crippen molar-refractivity contribution in [3.8, 4) is 11.3 Å². The van der Waals surface area contributed by atoms with Gasteiger partial charge in [-0.3, -0.25) is 0 Å². The van der Waals surface area contributed by atoms with E-state index in [0.29, 0.717) is 19.1 Å². The van der Waals surface area contributed by atoms with E-state index in [0.717, 1.165) is 35.9 Å². The molecule has 0 aliphatic heterocycles. The first-order valence-corrected chi connectivity index (χ1v) is 10.0. The highest BCUT2D eigenvalue weighted by atomic mass is 16.5. The Bertz CT molecular complexity index is 880. The Morgan fingerprint density at radius 2 is 1.66 bits per heavy atom. The molecule has 2 aromatic carbocycles. The van der Waals surface area contributed by atoms with Gasteiger partial charge >= 0.3 is 0 Å². The first-order chi connectivity index (χ1) is 14.2. The lowest BCUT2D eigenvalue weighted by molar-refractivity contribution is 0.210. The molecule has 1 heterocycles. The van der Waals surface area contributed by atoms with Crippen molar-refractivity contribution < 1.29 is 4.74 Å². The quantitative estimate of drug-likeness (QED) is 0.485. The van der Waals surface area contributed by atoms with Crippen LogP contribution in [0.2, 0.25) is 0 Å². The molecule has 6 heteroatoms. The van der Waals surface area contributed by atoms with Crippen LogP contribution in [-0.2, 0) is 4.74 Å². The van der Waals surface area contributed by atoms with Crippen LogP contribution in [0.1, 0.15) is 13.8 Å². The highest BCUT2D eigenvalue weighted by molar-refractivity contribution is 5.68. The number of methoxy groups -OCH3 is 1. The monoisotopic (exact) mass is 391 g/mol. The predicted octanol–water partition coefficient (Wildman–Crippen LogP) is 4.79. The van der Waals surface area contributed by atoms with Crippen LogP contribution in [0.15, 0.2) is 60.7 Å². The van der Waals surface area contributed by atoms with Crippen molar-refractivity contribution in [2.45, 2.75) is 13.8 Å². The molecular formula is C23H29N5O. The van der Waals surface area contributed by atoms with Gasteiger partial charge in [0.1, 0.15) is 5.82 Å². The van der Waals surface area contributed by atoms with Crippen molar-refractivity contribution in [3.05, 3.63) is 60.7 Å². The summed E-state index contributed by atoms with van der Waals surface area (Å²) in [7, 11) is 1.68. The summed E-state index contributed by atoms with van der Waals surface area (Å²) >= 11 is 0. The van der Waals surface area contributed by atoms with Crippen LogP contribution in [0.3, 0.4) is 0 Å². The first kappa shape index (κ1) is 20.6. The molecule has 0 aliphatic carbocycles. The summed E-state index contributed by atoms with van der Waals surface area (Å²) in [6.45, 7) is 7.55. The van der Waals surface area contributed by atoms with Crippen LogP contribution >= 0.6 is 0 Å². The third-order valence-corrected chi connectivity index (χ3v) is 4.65. The summed E-state index contributed by atoms with van der Waals surface area (Å²) in [4.78, 5) is 11.6. The molecule has 0 radical (unpaired) electrons. The van der Waals surface area contributed by atoms with E-state index in [2.05, 4.69) is 63.6 Å². The van der Waals surface area contributed by atoms with Gasteiger partial charge in [0, 0.05) is 49.7 Å². The Labute approximate surface area is 173 Å². The third-order valence-electron chi connectivity index (χ3n) is 4.65. The SMILES string of the molecule is CCN(CC)c1ccc(Nc2cc(-c3ccccc3)nc(NCCOC)n2)cc1. The second-order valence-corrected chi connectivity index (χ2v) is 6.59. The maximum atomic E-state index is 5.12. The Balaban J connectivity index is 1.84. The predicted molar refractivity (Wildman–Crippen MR) is 121 cm³/mol. The third kappa shape index (κ3) is 5.68. The number of hydrogen-bond acceptors (Lipinski definition) is 6. The second-order valence-electron chi connectivity index (χ2n) is 6.59. The second kappa shape index (κ2) is 10.4. The standard InChI is InChI=1S/C23H29N5O/c1-4-28(5-2)20-13-11-19(12-14-20)25-22-17-21(18-9-7-6-8-10-18)26-23(27-22)24-15-16-29-3/h6-14,17H,4-5,15-16H2,1-3H3,(H2,24,25,26,27). The molecule has 0 unspecified atom stereocenters. The van der Waals surface area contributed by atoms with E-state index in [1.54, 1.807) is 7.11 Å². The van der Waals surface area contributed by atoms with Crippen LogP contribution in [0.25, 0.3) is 11.3 Å². The summed E-state index contributed by atoms with van der Waals surface area (Å²) in [5, 5.41) is 6.63. The van der Waals surface area contributed by atoms with E-state index in [4.69, 9.17) is 4.74 Å². The summed E-state index contributed by atoms with van der Waals surface area (Å²) in [6.07, 6.45) is 0. The Morgan fingerprint density at radius 1 is 0.931 bits per heavy atom. The summed E-state index contributed by atoms with van der Waals surface area (Å²) in [6, 6.07) is 20.5. The molecule has 2 N–H and O–H groups in total. The van der Waals surface area contributed by atoms with Gasteiger partial charge in [-0.15, -0.1) is 0 Å². The Kier molecular flexibility index (Phi) is 7.41. The van der Waals surface area contributed by atoms with E-state index in [1.165, 1.54) is 5.69 Å². The van der Waals surface area contributed by atoms with Crippen molar-refractivity contribution >= 4 is 23.1 Å². The number of aromatic nitrogens is 2. The Hall–Kier alpha value is -3.12. The number of benzene rings is 2. The van der Waals surface area contributed by atoms with Crippen LogP contribution < -0.4 is 15.5 Å². The number of rotatable bonds is 10. The van der Waals surface area contributed by atoms with Gasteiger partial charge in [0.15, 0.2) is 0 Å². The molecule has 0 saturated carbocycles. The van der Waals surface area contributed by atoms with Gasteiger partial charge in [0.25, 0.3) is 0 Å². The number of ether oxygens (including phenoxy) is 1. The normalized spacial score (nSPS) is 10.6. The fraction of sp³-hybridized carbons (Fsp3) is 0.304. The highest BCUT2D eigenvalue weighted by Gasteiger charge is 2.08. The average molecular weight is 392 g/mol. The lowest BCUT2D eigenvalue weighted by atomic mass is 10.1. The van der Waals surface area contributed by atoms with Crippen molar-refractivity contribution in [1.29, 1.82) is 0 Å². The first-order valence-electron chi connectivity index (χ1n) is 10.0. The minimum Gasteiger partial charge on any atom is -0.383 e. The van der Waals surface area contributed by atoms with Gasteiger partial charge < -0.3 is 20.3 Å². The lowest BCUT2D eigenvalue weighted by Gasteiger charge is -2.21. The number of hydrogen-bond donors (Lipinski definition) is 2. The molecule has 0 amide bonds. The molecule has 0 atom stereocenters. The van der Waals surface area contributed by atoms with Gasteiger partial charge in [0.05, 0.1) is 12.3 Å². The largest absolute Gasteiger partial charge is 0.383 e. The number of nitrogens with zero attached hydrogens (tertiary/aromatic N) is 3. The molecule has 3 aromatic rings. The zero-order valence-electron chi connectivity index (χ0n) is 17.4. The van der Waals surface area contributed by atoms with E-state index in [1.807, 2.05) is 36.4 Å². The van der Waals surface area contributed by atoms with Crippen molar-refractivity contribution in [2.75, 3.05) is 48.9 Å². The summed E-state index contributed by atoms with van der Waals surface area (Å²) < 4.78 is 5.12. The maximum Gasteiger partial charge on any atom is 0.225 e. The molecule has 0 bridgehead atoms. The molecule has 0 spiro atoms. The van der Waals surface area contributed by atoms with Gasteiger partial charge in [-0.05, 0) is 38.1 Å². The van der Waals surface area contributed by atoms with Crippen LogP contribution in [0, 0.1) is 0 Å². The highest BCUT2D eigenvalue weighted by Crippen LogP contribution is 2.25. The van der Waals surface area contributed by atoms with Crippen molar-refractivity contribution in [1.82, 2.24) is 9.97 Å². The fourth-order valence-corrected chi connectivity index (χ4v) is 3.10. The molecule has 29 heavy (non-hydrogen) atoms. The number of anilines is 4. The molecule has 0 fully saturated rings. The number of nitrogens with one attached hydrogen (secondary N) is 2. The molecule has 3 rings (SSSR count). The topological polar surface area (TPSA) is 62.3 Å². The van der Waals surface area contributed by atoms with E-state index in [-0.39, 0.29) is 0 Å². The zero-order chi connectivity index (χ0) is 20.5. The van der Waals surface area contributed by atoms with Crippen LogP contribution in [-0.4, -0.2) is 43.3 Å². The van der Waals surface area contributed by atoms with Crippen LogP contribution in [0.5, 0.6) is 0 Å². The van der Waals surface area contributed by atoms with E-state index < -0.39 is 0 Å². The van der Waals surface area contributed by atoms with Gasteiger partial charge in [0.2, 0.25) is 5.95 Å². The summed E-state index contributed by atoms with van der Waals surface area (Å²) in [5.41, 5.74) is 4.11. The molecule has 152 valence electrons. The smallest absolute Gasteiger partial charge is 0.225 e. The Morgan fingerprint density at radius 3 is 2.31 bits per heavy atom. The van der Waals surface area contributed by atoms with Crippen LogP contribution in [0.4, 0.5) is 23.1 Å². The molecule has 0 aliphatic rings. The minimum absolute atomic E-state index is 0.575. The van der Waals surface area contributed by atoms with E-state index in [9.17, 15) is 0 Å². The van der Waals surface area contributed by atoms with E-state index >= 15 is 0 Å². The minimum atomic E-state index is 0.575. The van der Waals surface area contributed by atoms with Crippen molar-refractivity contribution in [2.24, 2.45) is 0 Å². The van der Waals surface area contributed by atoms with Crippen molar-refractivity contribution in [3.63, 3.8) is 0 Å². The zero-order valence-corrected chi connectivity index (χ0v) is 17.4.